The predicted octanol–water partition coefficient (Wildman–Crippen LogP) is 10.9. The normalized spacial score (nSPS) is 11.8. The molecule has 9 heteroatoms. The van der Waals surface area contributed by atoms with Crippen molar-refractivity contribution in [1.29, 1.82) is 0 Å². The molecule has 2 N–H and O–H groups in total. The van der Waals surface area contributed by atoms with Crippen molar-refractivity contribution < 1.29 is 48.9 Å². The van der Waals surface area contributed by atoms with Crippen molar-refractivity contribution in [2.45, 2.75) is 52.4 Å². The third-order valence-corrected chi connectivity index (χ3v) is 7.05. The van der Waals surface area contributed by atoms with Crippen LogP contribution in [0, 0.1) is 47.6 Å². The molecule has 0 saturated heterocycles. The summed E-state index contributed by atoms with van der Waals surface area (Å²) in [6.45, 7) is 7.88. The predicted molar refractivity (Wildman–Crippen MR) is 190 cm³/mol. The van der Waals surface area contributed by atoms with Gasteiger partial charge >= 0.3 is 21.7 Å². The minimum Gasteiger partial charge on any atom is -0.373 e. The van der Waals surface area contributed by atoms with Gasteiger partial charge in [-0.3, -0.25) is 21.7 Å². The molecule has 0 bridgehead atoms. The molecule has 6 rings (SSSR count). The van der Waals surface area contributed by atoms with Gasteiger partial charge in [-0.1, -0.05) is 64.1 Å². The Balaban J connectivity index is 0.000000273. The number of carbonyl (C=O) groups excluding carboxylic acids is 2. The number of anilines is 2. The number of rotatable bonds is 6. The van der Waals surface area contributed by atoms with Crippen molar-refractivity contribution in [3.05, 3.63) is 179 Å². The van der Waals surface area contributed by atoms with Crippen molar-refractivity contribution in [2.75, 3.05) is 10.6 Å². The van der Waals surface area contributed by atoms with E-state index in [1.54, 1.807) is 24.3 Å². The van der Waals surface area contributed by atoms with E-state index in [1.807, 2.05) is 88.4 Å². The van der Waals surface area contributed by atoms with Crippen molar-refractivity contribution in [3.8, 4) is 0 Å². The van der Waals surface area contributed by atoms with E-state index >= 15 is 0 Å². The third kappa shape index (κ3) is 14.2. The molecular formula is C42H38F4N2O2Ti. The molecule has 2 aliphatic rings. The summed E-state index contributed by atoms with van der Waals surface area (Å²) in [5.74, 6) is -3.95. The fourth-order valence-corrected chi connectivity index (χ4v) is 4.55. The molecule has 4 nitrogen and oxygen atoms in total. The van der Waals surface area contributed by atoms with Crippen molar-refractivity contribution >= 4 is 23.2 Å². The third-order valence-electron chi connectivity index (χ3n) is 7.05. The number of hydrogen-bond donors (Lipinski definition) is 2. The van der Waals surface area contributed by atoms with Crippen LogP contribution >= 0.6 is 0 Å². The number of nitrogens with one attached hydrogen (secondary N) is 2. The van der Waals surface area contributed by atoms with Gasteiger partial charge in [0.15, 0.2) is 0 Å². The summed E-state index contributed by atoms with van der Waals surface area (Å²) in [6, 6.07) is 22.5. The summed E-state index contributed by atoms with van der Waals surface area (Å²) >= 11 is 0. The molecule has 0 saturated carbocycles. The van der Waals surface area contributed by atoms with E-state index in [2.05, 4.69) is 34.9 Å². The van der Waals surface area contributed by atoms with Crippen molar-refractivity contribution in [2.24, 2.45) is 0 Å². The summed E-state index contributed by atoms with van der Waals surface area (Å²) in [5, 5.41) is 4.87. The molecule has 0 fully saturated rings. The molecule has 2 aliphatic carbocycles. The minimum atomic E-state index is -0.916. The molecule has 2 amide bonds. The fourth-order valence-electron chi connectivity index (χ4n) is 4.55. The van der Waals surface area contributed by atoms with E-state index in [9.17, 15) is 27.2 Å². The molecule has 0 heterocycles. The number of allylic oxidation sites excluding steroid dienone is 8. The van der Waals surface area contributed by atoms with Gasteiger partial charge in [0.1, 0.15) is 0 Å². The number of halogens is 4. The molecule has 4 aromatic carbocycles. The topological polar surface area (TPSA) is 58.2 Å². The molecule has 260 valence electrons. The second-order valence-electron chi connectivity index (χ2n) is 11.5. The summed E-state index contributed by atoms with van der Waals surface area (Å²) in [4.78, 5) is 24.4. The Morgan fingerprint density at radius 3 is 1.24 bits per heavy atom. The van der Waals surface area contributed by atoms with E-state index in [0.717, 1.165) is 36.1 Å². The summed E-state index contributed by atoms with van der Waals surface area (Å²) < 4.78 is 52.5. The summed E-state index contributed by atoms with van der Waals surface area (Å²) in [7, 11) is 0. The molecule has 0 unspecified atom stereocenters. The number of carbonyl (C=O) groups is 2. The Kier molecular flexibility index (Phi) is 18.4. The number of benzene rings is 4. The van der Waals surface area contributed by atoms with E-state index in [-0.39, 0.29) is 44.9 Å². The molecule has 51 heavy (non-hydrogen) atoms. The number of hydrogen-bond acceptors (Lipinski definition) is 2. The Hall–Kier alpha value is -4.79. The average molecular weight is 727 g/mol. The molecule has 0 spiro atoms. The maximum absolute atomic E-state index is 13.5. The van der Waals surface area contributed by atoms with Crippen LogP contribution < -0.4 is 10.6 Å². The first kappa shape index (κ1) is 42.4. The Bertz CT molecular complexity index is 1710. The average Bonchev–Trinajstić information content (AvgIpc) is 3.88. The van der Waals surface area contributed by atoms with E-state index in [1.165, 1.54) is 12.1 Å². The maximum atomic E-state index is 13.5. The van der Waals surface area contributed by atoms with Gasteiger partial charge in [-0.25, -0.2) is 41.9 Å². The molecular weight excluding hydrogens is 688 g/mol. The van der Waals surface area contributed by atoms with Gasteiger partial charge < -0.3 is 10.6 Å². The Morgan fingerprint density at radius 2 is 0.961 bits per heavy atom. The molecule has 4 aromatic rings. The van der Waals surface area contributed by atoms with Crippen LogP contribution in [0.4, 0.5) is 28.9 Å². The minimum absolute atomic E-state index is 0. The van der Waals surface area contributed by atoms with Crippen LogP contribution in [0.5, 0.6) is 0 Å². The first-order valence-electron chi connectivity index (χ1n) is 16.0. The van der Waals surface area contributed by atoms with Gasteiger partial charge in [-0.2, -0.15) is 12.2 Å². The first-order valence-corrected chi connectivity index (χ1v) is 16.0. The first-order chi connectivity index (χ1) is 24.0. The van der Waals surface area contributed by atoms with Gasteiger partial charge in [0.2, 0.25) is 11.8 Å². The van der Waals surface area contributed by atoms with Crippen LogP contribution in [0.3, 0.4) is 0 Å². The SMILES string of the molecule is CC(C)c1ccccc1C(=O)Nc1ccc(F)[c-]c1F.CC(C)c1ccccc1C(=O)Nc1ccc(F)[c-]c1F.[C-]1=CC=CC1.[C-]1=CC=CC1.[Ti+4]. The zero-order valence-corrected chi connectivity index (χ0v) is 30.4. The smallest absolute Gasteiger partial charge is 0.373 e. The van der Waals surface area contributed by atoms with E-state index in [4.69, 9.17) is 0 Å². The van der Waals surface area contributed by atoms with Crippen LogP contribution in [-0.2, 0) is 21.7 Å². The largest absolute Gasteiger partial charge is 4.00 e. The van der Waals surface area contributed by atoms with Crippen LogP contribution in [-0.4, -0.2) is 11.8 Å². The monoisotopic (exact) mass is 726 g/mol. The Morgan fingerprint density at radius 1 is 0.588 bits per heavy atom. The number of amides is 2. The van der Waals surface area contributed by atoms with Crippen LogP contribution in [0.2, 0.25) is 0 Å². The second kappa shape index (κ2) is 22.1. The second-order valence-corrected chi connectivity index (χ2v) is 11.5. The molecule has 0 aromatic heterocycles. The van der Waals surface area contributed by atoms with Gasteiger partial charge in [-0.05, 0) is 46.5 Å². The zero-order chi connectivity index (χ0) is 36.5. The van der Waals surface area contributed by atoms with Crippen LogP contribution in [0.15, 0.2) is 109 Å². The summed E-state index contributed by atoms with van der Waals surface area (Å²) in [5.41, 5.74) is 2.52. The van der Waals surface area contributed by atoms with Crippen molar-refractivity contribution in [3.63, 3.8) is 0 Å². The van der Waals surface area contributed by atoms with Crippen molar-refractivity contribution in [1.82, 2.24) is 0 Å². The van der Waals surface area contributed by atoms with Gasteiger partial charge in [0.25, 0.3) is 0 Å². The van der Waals surface area contributed by atoms with Gasteiger partial charge in [0, 0.05) is 34.4 Å². The quantitative estimate of drug-likeness (QED) is 0.118. The van der Waals surface area contributed by atoms with E-state index in [0.29, 0.717) is 11.1 Å². The van der Waals surface area contributed by atoms with E-state index < -0.39 is 35.1 Å². The maximum Gasteiger partial charge on any atom is 4.00 e. The molecule has 0 radical (unpaired) electrons. The van der Waals surface area contributed by atoms with Gasteiger partial charge in [0.05, 0.1) is 0 Å². The molecule has 0 aliphatic heterocycles. The van der Waals surface area contributed by atoms with Gasteiger partial charge in [-0.15, -0.1) is 49.2 Å². The zero-order valence-electron chi connectivity index (χ0n) is 28.8. The molecule has 0 atom stereocenters. The fraction of sp³-hybridized carbons (Fsp3) is 0.190. The van der Waals surface area contributed by atoms with Crippen LogP contribution in [0.25, 0.3) is 0 Å². The Labute approximate surface area is 313 Å². The standard InChI is InChI=1S/2C16H14F2NO.2C5H5.Ti/c2*1-10(2)12-5-3-4-6-13(12)16(20)19-15-8-7-11(17)9-14(15)18;2*1-2-4-5-3-1;/h2*3-8,10H,1-2H3,(H,19,20);2*1-3H,4H2;/q4*-1;+4. The summed E-state index contributed by atoms with van der Waals surface area (Å²) in [6.07, 6.45) is 20.0. The van der Waals surface area contributed by atoms with Crippen LogP contribution in [0.1, 0.15) is 84.2 Å².